The molecule has 232 valence electrons. The lowest BCUT2D eigenvalue weighted by Crippen LogP contribution is -2.43. The highest BCUT2D eigenvalue weighted by molar-refractivity contribution is 5.88. The largest absolute Gasteiger partial charge is 0.465 e. The van der Waals surface area contributed by atoms with Gasteiger partial charge in [0, 0.05) is 31.2 Å². The molecule has 0 spiro atoms. The van der Waals surface area contributed by atoms with Crippen LogP contribution in [-0.2, 0) is 23.8 Å². The highest BCUT2D eigenvalue weighted by atomic mass is 16.6. The summed E-state index contributed by atoms with van der Waals surface area (Å²) < 4.78 is 16.1. The van der Waals surface area contributed by atoms with Gasteiger partial charge in [-0.2, -0.15) is 0 Å². The van der Waals surface area contributed by atoms with Crippen molar-refractivity contribution >= 4 is 17.9 Å². The van der Waals surface area contributed by atoms with Gasteiger partial charge < -0.3 is 29.5 Å². The van der Waals surface area contributed by atoms with E-state index in [1.165, 1.54) is 6.20 Å². The first-order valence-corrected chi connectivity index (χ1v) is 15.0. The molecule has 0 amide bonds. The first-order chi connectivity index (χ1) is 20.1. The van der Waals surface area contributed by atoms with Crippen molar-refractivity contribution in [2.24, 2.45) is 23.7 Å². The second-order valence-electron chi connectivity index (χ2n) is 11.4. The number of hydrogen-bond donors (Lipinski definition) is 3. The second-order valence-corrected chi connectivity index (χ2v) is 11.4. The first kappa shape index (κ1) is 33.4. The SMILES string of the molecule is CC[C@H](C)C(=O)O[C@H]1C[C@H](O)C=C2C=C[C@H](C)[C@H](CC[C@@H](O)C[C@@H](O)CC(=O)OCCCOC(=O)c3cccnc3)C21. The van der Waals surface area contributed by atoms with Gasteiger partial charge in [0.25, 0.3) is 0 Å². The van der Waals surface area contributed by atoms with Crippen LogP contribution in [0.5, 0.6) is 0 Å². The summed E-state index contributed by atoms with van der Waals surface area (Å²) in [6, 6.07) is 3.23. The number of carbonyl (C=O) groups is 3. The average Bonchev–Trinajstić information content (AvgIpc) is 2.96. The van der Waals surface area contributed by atoms with Crippen LogP contribution in [-0.4, -0.2) is 75.8 Å². The number of fused-ring (bicyclic) bond motifs is 1. The quantitative estimate of drug-likeness (QED) is 0.158. The maximum atomic E-state index is 12.6. The third kappa shape index (κ3) is 10.0. The smallest absolute Gasteiger partial charge is 0.339 e. The van der Waals surface area contributed by atoms with Crippen LogP contribution in [0, 0.1) is 23.7 Å². The van der Waals surface area contributed by atoms with Gasteiger partial charge in [-0.1, -0.05) is 39.0 Å². The molecule has 0 aliphatic heterocycles. The van der Waals surface area contributed by atoms with Gasteiger partial charge in [-0.3, -0.25) is 14.6 Å². The van der Waals surface area contributed by atoms with E-state index in [9.17, 15) is 29.7 Å². The van der Waals surface area contributed by atoms with Crippen LogP contribution in [0.15, 0.2) is 48.3 Å². The molecule has 0 radical (unpaired) electrons. The summed E-state index contributed by atoms with van der Waals surface area (Å²) >= 11 is 0. The van der Waals surface area contributed by atoms with Gasteiger partial charge in [-0.05, 0) is 55.2 Å². The molecule has 10 heteroatoms. The van der Waals surface area contributed by atoms with Crippen molar-refractivity contribution in [3.8, 4) is 0 Å². The Hall–Kier alpha value is -3.08. The molecule has 0 aromatic carbocycles. The van der Waals surface area contributed by atoms with E-state index in [-0.39, 0.29) is 55.7 Å². The highest BCUT2D eigenvalue weighted by Gasteiger charge is 2.42. The number of nitrogens with zero attached hydrogens (tertiary/aromatic N) is 1. The lowest BCUT2D eigenvalue weighted by molar-refractivity contribution is -0.159. The number of carbonyl (C=O) groups excluding carboxylic acids is 3. The molecule has 3 rings (SSSR count). The van der Waals surface area contributed by atoms with Crippen molar-refractivity contribution in [2.75, 3.05) is 13.2 Å². The number of esters is 3. The van der Waals surface area contributed by atoms with Gasteiger partial charge in [0.1, 0.15) is 6.10 Å². The molecule has 0 bridgehead atoms. The summed E-state index contributed by atoms with van der Waals surface area (Å²) in [7, 11) is 0. The molecular formula is C32H45NO9. The van der Waals surface area contributed by atoms with Crippen molar-refractivity contribution in [3.05, 3.63) is 53.9 Å². The van der Waals surface area contributed by atoms with Crippen LogP contribution in [0.25, 0.3) is 0 Å². The summed E-state index contributed by atoms with van der Waals surface area (Å²) in [5, 5.41) is 31.4. The van der Waals surface area contributed by atoms with E-state index < -0.39 is 36.4 Å². The second kappa shape index (κ2) is 16.5. The molecule has 0 fully saturated rings. The maximum Gasteiger partial charge on any atom is 0.339 e. The van der Waals surface area contributed by atoms with Gasteiger partial charge in [-0.25, -0.2) is 4.79 Å². The number of allylic oxidation sites excluding steroid dienone is 2. The lowest BCUT2D eigenvalue weighted by Gasteiger charge is -2.43. The van der Waals surface area contributed by atoms with Crippen molar-refractivity contribution in [1.82, 2.24) is 4.98 Å². The molecule has 2 aliphatic rings. The molecule has 1 heterocycles. The van der Waals surface area contributed by atoms with Crippen LogP contribution < -0.4 is 0 Å². The minimum Gasteiger partial charge on any atom is -0.465 e. The number of pyridine rings is 1. The van der Waals surface area contributed by atoms with Crippen LogP contribution in [0.1, 0.15) is 76.1 Å². The Labute approximate surface area is 247 Å². The molecule has 3 N–H and O–H groups in total. The third-order valence-electron chi connectivity index (χ3n) is 8.12. The van der Waals surface area contributed by atoms with Crippen molar-refractivity contribution in [3.63, 3.8) is 0 Å². The minimum atomic E-state index is -1.07. The van der Waals surface area contributed by atoms with Gasteiger partial charge >= 0.3 is 17.9 Å². The topological polar surface area (TPSA) is 152 Å². The van der Waals surface area contributed by atoms with Crippen LogP contribution >= 0.6 is 0 Å². The highest BCUT2D eigenvalue weighted by Crippen LogP contribution is 2.44. The Morgan fingerprint density at radius 2 is 1.90 bits per heavy atom. The van der Waals surface area contributed by atoms with Gasteiger partial charge in [0.05, 0.1) is 49.4 Å². The fraction of sp³-hybridized carbons (Fsp3) is 0.625. The molecular weight excluding hydrogens is 542 g/mol. The molecule has 1 unspecified atom stereocenters. The zero-order chi connectivity index (χ0) is 30.6. The zero-order valence-electron chi connectivity index (χ0n) is 24.8. The maximum absolute atomic E-state index is 12.6. The number of aromatic nitrogens is 1. The standard InChI is InChI=1S/C32H45NO9/c1-4-20(2)31(38)42-28-17-25(35)15-22-9-8-21(3)27(30(22)28)11-10-24(34)16-26(36)18-29(37)40-13-6-14-41-32(39)23-7-5-12-33-19-23/h5,7-9,12,15,19-21,24-28,30,34-36H,4,6,10-11,13-14,16-18H2,1-3H3/t20-,21-,24+,25+,26+,27-,28-,30?/m0/s1. The van der Waals surface area contributed by atoms with E-state index in [4.69, 9.17) is 14.2 Å². The third-order valence-corrected chi connectivity index (χ3v) is 8.12. The number of aliphatic hydroxyl groups is 3. The van der Waals surface area contributed by atoms with Crippen molar-refractivity contribution in [2.45, 2.75) is 90.1 Å². The van der Waals surface area contributed by atoms with E-state index in [2.05, 4.69) is 18.0 Å². The fourth-order valence-electron chi connectivity index (χ4n) is 5.55. The lowest BCUT2D eigenvalue weighted by atomic mass is 9.66. The molecule has 10 nitrogen and oxygen atoms in total. The van der Waals surface area contributed by atoms with Crippen molar-refractivity contribution < 1.29 is 43.9 Å². The summed E-state index contributed by atoms with van der Waals surface area (Å²) in [5.74, 6) is -1.43. The molecule has 1 aromatic rings. The molecule has 0 saturated heterocycles. The van der Waals surface area contributed by atoms with Crippen LogP contribution in [0.2, 0.25) is 0 Å². The normalized spacial score (nSPS) is 25.4. The van der Waals surface area contributed by atoms with E-state index in [0.717, 1.165) is 5.57 Å². The summed E-state index contributed by atoms with van der Waals surface area (Å²) in [5.41, 5.74) is 1.28. The number of aliphatic hydroxyl groups excluding tert-OH is 3. The molecule has 42 heavy (non-hydrogen) atoms. The molecule has 1 aromatic heterocycles. The predicted octanol–water partition coefficient (Wildman–Crippen LogP) is 3.54. The molecule has 8 atom stereocenters. The Balaban J connectivity index is 1.41. The van der Waals surface area contributed by atoms with Gasteiger partial charge in [0.15, 0.2) is 0 Å². The summed E-state index contributed by atoms with van der Waals surface area (Å²) in [6.45, 7) is 5.97. The van der Waals surface area contributed by atoms with Crippen LogP contribution in [0.4, 0.5) is 0 Å². The Bertz CT molecular complexity index is 1090. The summed E-state index contributed by atoms with van der Waals surface area (Å²) in [6.07, 6.45) is 7.93. The van der Waals surface area contributed by atoms with E-state index in [0.29, 0.717) is 37.7 Å². The Kier molecular flexibility index (Phi) is 13.2. The van der Waals surface area contributed by atoms with Gasteiger partial charge in [0.2, 0.25) is 0 Å². The van der Waals surface area contributed by atoms with Crippen molar-refractivity contribution in [1.29, 1.82) is 0 Å². The van der Waals surface area contributed by atoms with E-state index in [1.54, 1.807) is 18.3 Å². The monoisotopic (exact) mass is 587 g/mol. The number of hydrogen-bond acceptors (Lipinski definition) is 10. The Morgan fingerprint density at radius 1 is 1.14 bits per heavy atom. The van der Waals surface area contributed by atoms with Gasteiger partial charge in [-0.15, -0.1) is 0 Å². The predicted molar refractivity (Wildman–Crippen MR) is 154 cm³/mol. The van der Waals surface area contributed by atoms with E-state index >= 15 is 0 Å². The fourth-order valence-corrected chi connectivity index (χ4v) is 5.55. The first-order valence-electron chi connectivity index (χ1n) is 15.0. The van der Waals surface area contributed by atoms with E-state index in [1.807, 2.05) is 26.0 Å². The minimum absolute atomic E-state index is 0.0211. The van der Waals surface area contributed by atoms with Crippen LogP contribution in [0.3, 0.4) is 0 Å². The number of rotatable bonds is 15. The molecule has 2 aliphatic carbocycles. The molecule has 0 saturated carbocycles. The number of ether oxygens (including phenoxy) is 3. The summed E-state index contributed by atoms with van der Waals surface area (Å²) in [4.78, 5) is 40.5. The average molecular weight is 588 g/mol. The zero-order valence-corrected chi connectivity index (χ0v) is 24.8. The Morgan fingerprint density at radius 3 is 2.62 bits per heavy atom.